The van der Waals surface area contributed by atoms with Crippen molar-refractivity contribution in [1.82, 2.24) is 35.7 Å². The van der Waals surface area contributed by atoms with Crippen LogP contribution in [0.3, 0.4) is 0 Å². The van der Waals surface area contributed by atoms with Crippen molar-refractivity contribution in [3.8, 4) is 16.8 Å². The smallest absolute Gasteiger partial charge is 0.411 e. The Hall–Kier alpha value is -5.95. The quantitative estimate of drug-likeness (QED) is 0.184. The van der Waals surface area contributed by atoms with Gasteiger partial charge in [0.2, 0.25) is 5.91 Å². The van der Waals surface area contributed by atoms with E-state index in [1.807, 2.05) is 30.3 Å². The van der Waals surface area contributed by atoms with Gasteiger partial charge in [0.1, 0.15) is 6.33 Å². The first-order valence-corrected chi connectivity index (χ1v) is 13.8. The van der Waals surface area contributed by atoms with E-state index >= 15 is 0 Å². The molecule has 0 fully saturated rings. The molecule has 226 valence electrons. The normalized spacial score (nSPS) is 11.6. The molecule has 45 heavy (non-hydrogen) atoms. The van der Waals surface area contributed by atoms with Crippen molar-refractivity contribution in [2.45, 2.75) is 12.5 Å². The highest BCUT2D eigenvalue weighted by Crippen LogP contribution is 2.28. The van der Waals surface area contributed by atoms with Crippen molar-refractivity contribution >= 4 is 41.3 Å². The number of tetrazole rings is 1. The van der Waals surface area contributed by atoms with Gasteiger partial charge in [-0.3, -0.25) is 10.1 Å². The highest BCUT2D eigenvalue weighted by atomic mass is 35.5. The fraction of sp³-hybridized carbons (Fsp3) is 0.0968. The van der Waals surface area contributed by atoms with Gasteiger partial charge in [-0.15, -0.1) is 10.2 Å². The summed E-state index contributed by atoms with van der Waals surface area (Å²) in [4.78, 5) is 36.9. The van der Waals surface area contributed by atoms with E-state index in [2.05, 4.69) is 41.1 Å². The first-order valence-electron chi connectivity index (χ1n) is 13.4. The van der Waals surface area contributed by atoms with E-state index in [0.29, 0.717) is 39.6 Å². The van der Waals surface area contributed by atoms with E-state index in [0.717, 1.165) is 5.56 Å². The third-order valence-corrected chi connectivity index (χ3v) is 6.83. The summed E-state index contributed by atoms with van der Waals surface area (Å²) in [5, 5.41) is 35.3. The zero-order chi connectivity index (χ0) is 31.8. The largest absolute Gasteiger partial charge is 0.476 e. The molecule has 13 nitrogen and oxygen atoms in total. The van der Waals surface area contributed by atoms with Crippen LogP contribution in [0.2, 0.25) is 5.02 Å². The van der Waals surface area contributed by atoms with E-state index in [1.165, 1.54) is 24.2 Å². The molecular weight excluding hydrogens is 600 g/mol. The molecule has 0 saturated carbocycles. The van der Waals surface area contributed by atoms with Gasteiger partial charge < -0.3 is 15.2 Å². The number of halogens is 1. The third-order valence-electron chi connectivity index (χ3n) is 6.60. The Kier molecular flexibility index (Phi) is 9.50. The maximum Gasteiger partial charge on any atom is 0.411 e. The third kappa shape index (κ3) is 7.72. The Labute approximate surface area is 261 Å². The average molecular weight is 625 g/mol. The predicted octanol–water partition coefficient (Wildman–Crippen LogP) is 4.76. The van der Waals surface area contributed by atoms with Gasteiger partial charge in [-0.05, 0) is 70.4 Å². The highest BCUT2D eigenvalue weighted by molar-refractivity contribution is 6.30. The van der Waals surface area contributed by atoms with Crippen LogP contribution in [0.5, 0.6) is 0 Å². The van der Waals surface area contributed by atoms with Crippen LogP contribution in [0.4, 0.5) is 10.5 Å². The molecule has 5 rings (SSSR count). The number of amides is 2. The Morgan fingerprint density at radius 3 is 2.49 bits per heavy atom. The van der Waals surface area contributed by atoms with Crippen molar-refractivity contribution in [2.75, 3.05) is 12.4 Å². The number of nitrogens with zero attached hydrogens (tertiary/aromatic N) is 6. The lowest BCUT2D eigenvalue weighted by Crippen LogP contribution is -2.29. The summed E-state index contributed by atoms with van der Waals surface area (Å²) in [6.07, 6.45) is 4.07. The Morgan fingerprint density at radius 2 is 1.80 bits per heavy atom. The maximum atomic E-state index is 13.3. The summed E-state index contributed by atoms with van der Waals surface area (Å²) in [6.45, 7) is 0. The molecule has 1 unspecified atom stereocenters. The Bertz CT molecular complexity index is 1850. The summed E-state index contributed by atoms with van der Waals surface area (Å²) in [5.41, 5.74) is 3.44. The maximum absolute atomic E-state index is 13.3. The van der Waals surface area contributed by atoms with Gasteiger partial charge in [0.25, 0.3) is 0 Å². The van der Waals surface area contributed by atoms with Crippen LogP contribution in [0.1, 0.15) is 33.4 Å². The number of methoxy groups -OCH3 is 1. The molecule has 2 heterocycles. The number of carboxylic acid groups (broad SMARTS) is 1. The van der Waals surface area contributed by atoms with Gasteiger partial charge in [-0.2, -0.15) is 9.78 Å². The van der Waals surface area contributed by atoms with Gasteiger partial charge >= 0.3 is 12.1 Å². The lowest BCUT2D eigenvalue weighted by molar-refractivity contribution is -0.117. The number of anilines is 1. The van der Waals surface area contributed by atoms with Crippen molar-refractivity contribution in [3.63, 3.8) is 0 Å². The fourth-order valence-electron chi connectivity index (χ4n) is 4.46. The fourth-order valence-corrected chi connectivity index (χ4v) is 4.64. The van der Waals surface area contributed by atoms with E-state index < -0.39 is 24.0 Å². The second-order valence-corrected chi connectivity index (χ2v) is 10.0. The van der Waals surface area contributed by atoms with Crippen LogP contribution in [-0.2, 0) is 16.0 Å². The van der Waals surface area contributed by atoms with Crippen LogP contribution in [0.25, 0.3) is 22.9 Å². The molecule has 1 atom stereocenters. The molecule has 2 amide bonds. The Balaban J connectivity index is 1.46. The van der Waals surface area contributed by atoms with Gasteiger partial charge in [-0.25, -0.2) is 9.59 Å². The summed E-state index contributed by atoms with van der Waals surface area (Å²) in [6, 6.07) is 21.9. The number of aromatic nitrogens is 6. The van der Waals surface area contributed by atoms with Crippen molar-refractivity contribution in [2.24, 2.45) is 0 Å². The number of ether oxygens (including phenoxy) is 1. The molecule has 2 aromatic heterocycles. The van der Waals surface area contributed by atoms with Crippen LogP contribution >= 0.6 is 11.6 Å². The molecule has 0 spiro atoms. The summed E-state index contributed by atoms with van der Waals surface area (Å²) in [5.74, 6) is -1.71. The van der Waals surface area contributed by atoms with Crippen LogP contribution in [-0.4, -0.2) is 60.6 Å². The summed E-state index contributed by atoms with van der Waals surface area (Å²) >= 11 is 6.21. The number of carboxylic acids is 1. The van der Waals surface area contributed by atoms with E-state index in [4.69, 9.17) is 11.6 Å². The first-order chi connectivity index (χ1) is 21.8. The zero-order valence-corrected chi connectivity index (χ0v) is 24.4. The van der Waals surface area contributed by atoms with Crippen molar-refractivity contribution < 1.29 is 24.2 Å². The SMILES string of the molecule is COC(=O)Nc1ccc(-c2cc(C(Cc3ccccc3)NC(=O)/C=C/c3cc(Cl)ccc3-n3cnnn3)nnc2C(=O)O)cc1. The molecule has 0 bridgehead atoms. The monoisotopic (exact) mass is 624 g/mol. The first kappa shape index (κ1) is 30.5. The predicted molar refractivity (Wildman–Crippen MR) is 165 cm³/mol. The standard InChI is InChI=1S/C31H25ClN8O5/c1-45-31(44)34-23-11-7-20(8-12-23)24-17-26(36-37-29(24)30(42)43)25(15-19-5-3-2-4-6-19)35-28(41)14-9-21-16-22(32)10-13-27(21)40-18-33-38-39-40/h2-14,16-18,25H,15H2,1H3,(H,34,44)(H,35,41)(H,42,43)/b14-9+. The summed E-state index contributed by atoms with van der Waals surface area (Å²) in [7, 11) is 1.25. The van der Waals surface area contributed by atoms with Crippen LogP contribution < -0.4 is 10.6 Å². The number of rotatable bonds is 10. The van der Waals surface area contributed by atoms with Crippen molar-refractivity contribution in [3.05, 3.63) is 119 Å². The number of hydrogen-bond acceptors (Lipinski definition) is 9. The lowest BCUT2D eigenvalue weighted by Gasteiger charge is -2.19. The second-order valence-electron chi connectivity index (χ2n) is 9.57. The Morgan fingerprint density at radius 1 is 1.02 bits per heavy atom. The molecular formula is C31H25ClN8O5. The minimum absolute atomic E-state index is 0.270. The zero-order valence-electron chi connectivity index (χ0n) is 23.7. The lowest BCUT2D eigenvalue weighted by atomic mass is 9.98. The topological polar surface area (TPSA) is 174 Å². The second kappa shape index (κ2) is 14.0. The molecule has 0 aliphatic rings. The molecule has 0 aliphatic carbocycles. The molecule has 0 radical (unpaired) electrons. The molecule has 3 aromatic carbocycles. The van der Waals surface area contributed by atoms with E-state index in [-0.39, 0.29) is 11.3 Å². The van der Waals surface area contributed by atoms with Gasteiger partial charge in [0.05, 0.1) is 24.5 Å². The number of carbonyl (C=O) groups is 3. The highest BCUT2D eigenvalue weighted by Gasteiger charge is 2.22. The van der Waals surface area contributed by atoms with E-state index in [1.54, 1.807) is 54.6 Å². The minimum Gasteiger partial charge on any atom is -0.476 e. The van der Waals surface area contributed by atoms with Crippen molar-refractivity contribution in [1.29, 1.82) is 0 Å². The van der Waals surface area contributed by atoms with Gasteiger partial charge in [0, 0.05) is 27.9 Å². The van der Waals surface area contributed by atoms with Gasteiger partial charge in [0.15, 0.2) is 5.69 Å². The molecule has 0 aliphatic heterocycles. The van der Waals surface area contributed by atoms with Crippen LogP contribution in [0, 0.1) is 0 Å². The number of aromatic carboxylic acids is 1. The molecule has 0 saturated heterocycles. The number of hydrogen-bond donors (Lipinski definition) is 3. The average Bonchev–Trinajstić information content (AvgIpc) is 3.59. The molecule has 5 aromatic rings. The van der Waals surface area contributed by atoms with Crippen LogP contribution in [0.15, 0.2) is 91.3 Å². The summed E-state index contributed by atoms with van der Waals surface area (Å²) < 4.78 is 6.06. The minimum atomic E-state index is -1.27. The van der Waals surface area contributed by atoms with E-state index in [9.17, 15) is 19.5 Å². The number of benzene rings is 3. The van der Waals surface area contributed by atoms with Gasteiger partial charge in [-0.1, -0.05) is 54.1 Å². The number of nitrogens with one attached hydrogen (secondary N) is 2. The molecule has 3 N–H and O–H groups in total. The molecule has 14 heteroatoms. The number of carbonyl (C=O) groups excluding carboxylic acids is 2.